The van der Waals surface area contributed by atoms with E-state index in [2.05, 4.69) is 28.1 Å². The zero-order valence-corrected chi connectivity index (χ0v) is 19.5. The third kappa shape index (κ3) is 8.54. The summed E-state index contributed by atoms with van der Waals surface area (Å²) in [6.07, 6.45) is 9.68. The van der Waals surface area contributed by atoms with E-state index >= 15 is 0 Å². The quantitative estimate of drug-likeness (QED) is 0.360. The lowest BCUT2D eigenvalue weighted by atomic mass is 9.84. The summed E-state index contributed by atoms with van der Waals surface area (Å²) in [6, 6.07) is 17.0. The van der Waals surface area contributed by atoms with Gasteiger partial charge in [-0.2, -0.15) is 0 Å². The van der Waals surface area contributed by atoms with Crippen LogP contribution in [-0.2, 0) is 11.3 Å². The topological polar surface area (TPSA) is 96.2 Å². The van der Waals surface area contributed by atoms with Crippen molar-refractivity contribution < 1.29 is 9.59 Å². The van der Waals surface area contributed by atoms with Crippen molar-refractivity contribution in [1.82, 2.24) is 10.6 Å². The van der Waals surface area contributed by atoms with Gasteiger partial charge in [0.25, 0.3) is 0 Å². The lowest BCUT2D eigenvalue weighted by Crippen LogP contribution is -2.47. The Morgan fingerprint density at radius 2 is 1.64 bits per heavy atom. The third-order valence-electron chi connectivity index (χ3n) is 6.37. The zero-order valence-electron chi connectivity index (χ0n) is 19.5. The van der Waals surface area contributed by atoms with E-state index in [0.29, 0.717) is 25.4 Å². The number of carbonyl (C=O) groups is 2. The first-order valence-corrected chi connectivity index (χ1v) is 12.3. The number of unbranched alkanes of at least 4 members (excludes halogenated alkanes) is 2. The molecular weight excluding hydrogens is 412 g/mol. The van der Waals surface area contributed by atoms with Gasteiger partial charge in [-0.15, -0.1) is 0 Å². The minimum absolute atomic E-state index is 0.192. The molecule has 0 radical (unpaired) electrons. The van der Waals surface area contributed by atoms with Crippen LogP contribution < -0.4 is 21.7 Å². The number of hydrogen-bond donors (Lipinski definition) is 4. The Morgan fingerprint density at radius 3 is 2.33 bits per heavy atom. The highest BCUT2D eigenvalue weighted by molar-refractivity contribution is 5.97. The van der Waals surface area contributed by atoms with Gasteiger partial charge in [-0.1, -0.05) is 74.6 Å². The van der Waals surface area contributed by atoms with Gasteiger partial charge in [0, 0.05) is 12.2 Å². The van der Waals surface area contributed by atoms with Gasteiger partial charge in [-0.25, -0.2) is 4.79 Å². The van der Waals surface area contributed by atoms with E-state index in [1.165, 1.54) is 37.7 Å². The maximum Gasteiger partial charge on any atom is 0.315 e. The summed E-state index contributed by atoms with van der Waals surface area (Å²) in [5.74, 6) is 0.441. The Kier molecular flexibility index (Phi) is 10.2. The van der Waals surface area contributed by atoms with Gasteiger partial charge in [-0.3, -0.25) is 4.79 Å². The Morgan fingerprint density at radius 1 is 0.909 bits per heavy atom. The molecule has 0 bridgehead atoms. The maximum absolute atomic E-state index is 13.0. The summed E-state index contributed by atoms with van der Waals surface area (Å²) in [4.78, 5) is 25.5. The molecule has 0 aromatic heterocycles. The van der Waals surface area contributed by atoms with E-state index in [1.54, 1.807) is 0 Å². The minimum Gasteiger partial charge on any atom is -0.334 e. The molecular formula is C27H38N4O2. The van der Waals surface area contributed by atoms with Crippen LogP contribution >= 0.6 is 0 Å². The molecule has 6 heteroatoms. The van der Waals surface area contributed by atoms with Crippen molar-refractivity contribution in [2.45, 2.75) is 76.3 Å². The number of carbonyl (C=O) groups excluding carboxylic acids is 2. The summed E-state index contributed by atoms with van der Waals surface area (Å²) in [5, 5.41) is 8.68. The molecule has 2 aromatic rings. The van der Waals surface area contributed by atoms with Gasteiger partial charge in [0.1, 0.15) is 6.04 Å². The number of nitrogens with two attached hydrogens (primary N) is 1. The predicted molar refractivity (Wildman–Crippen MR) is 134 cm³/mol. The molecule has 2 aromatic carbocycles. The lowest BCUT2D eigenvalue weighted by molar-refractivity contribution is -0.118. The molecule has 0 unspecified atom stereocenters. The minimum atomic E-state index is -0.600. The fraction of sp³-hybridized carbons (Fsp3) is 0.481. The molecule has 178 valence electrons. The van der Waals surface area contributed by atoms with E-state index in [1.807, 2.05) is 42.5 Å². The van der Waals surface area contributed by atoms with Crippen LogP contribution in [0.25, 0.3) is 0 Å². The van der Waals surface area contributed by atoms with E-state index in [0.717, 1.165) is 30.5 Å². The molecule has 6 nitrogen and oxygen atoms in total. The number of amides is 3. The Bertz CT molecular complexity index is 848. The number of nitrogens with one attached hydrogen (secondary N) is 3. The molecule has 3 rings (SSSR count). The largest absolute Gasteiger partial charge is 0.334 e. The smallest absolute Gasteiger partial charge is 0.315 e. The molecule has 0 saturated heterocycles. The fourth-order valence-electron chi connectivity index (χ4n) is 4.43. The van der Waals surface area contributed by atoms with Crippen LogP contribution in [0.2, 0.25) is 0 Å². The van der Waals surface area contributed by atoms with Crippen molar-refractivity contribution in [3.05, 3.63) is 65.7 Å². The van der Waals surface area contributed by atoms with Gasteiger partial charge in [-0.05, 0) is 61.4 Å². The number of anilines is 1. The van der Waals surface area contributed by atoms with Crippen molar-refractivity contribution in [2.24, 2.45) is 5.73 Å². The molecule has 5 N–H and O–H groups in total. The molecule has 1 aliphatic carbocycles. The van der Waals surface area contributed by atoms with Crippen molar-refractivity contribution in [3.8, 4) is 0 Å². The van der Waals surface area contributed by atoms with E-state index in [4.69, 9.17) is 5.73 Å². The van der Waals surface area contributed by atoms with Gasteiger partial charge in [0.15, 0.2) is 0 Å². The van der Waals surface area contributed by atoms with Crippen LogP contribution in [0, 0.1) is 0 Å². The highest BCUT2D eigenvalue weighted by atomic mass is 16.2. The number of hydrogen-bond acceptors (Lipinski definition) is 3. The molecule has 1 saturated carbocycles. The van der Waals surface area contributed by atoms with Crippen LogP contribution in [0.15, 0.2) is 54.6 Å². The van der Waals surface area contributed by atoms with E-state index in [9.17, 15) is 9.59 Å². The summed E-state index contributed by atoms with van der Waals surface area (Å²) in [6.45, 7) is 1.05. The maximum atomic E-state index is 13.0. The van der Waals surface area contributed by atoms with Crippen LogP contribution in [-0.4, -0.2) is 24.5 Å². The first-order chi connectivity index (χ1) is 16.2. The number of urea groups is 1. The molecule has 0 aliphatic heterocycles. The van der Waals surface area contributed by atoms with E-state index in [-0.39, 0.29) is 11.9 Å². The second-order valence-electron chi connectivity index (χ2n) is 8.95. The number of benzene rings is 2. The van der Waals surface area contributed by atoms with Gasteiger partial charge in [0.2, 0.25) is 5.91 Å². The fourth-order valence-corrected chi connectivity index (χ4v) is 4.43. The van der Waals surface area contributed by atoms with Crippen LogP contribution in [0.5, 0.6) is 0 Å². The Hall–Kier alpha value is -2.86. The van der Waals surface area contributed by atoms with E-state index < -0.39 is 6.04 Å². The van der Waals surface area contributed by atoms with Gasteiger partial charge in [0.05, 0.1) is 0 Å². The molecule has 1 fully saturated rings. The first kappa shape index (κ1) is 24.8. The van der Waals surface area contributed by atoms with Crippen LogP contribution in [0.4, 0.5) is 10.5 Å². The van der Waals surface area contributed by atoms with Crippen LogP contribution in [0.1, 0.15) is 74.8 Å². The molecule has 0 heterocycles. The first-order valence-electron chi connectivity index (χ1n) is 12.3. The lowest BCUT2D eigenvalue weighted by Gasteiger charge is -2.22. The highest BCUT2D eigenvalue weighted by Crippen LogP contribution is 2.33. The van der Waals surface area contributed by atoms with Gasteiger partial charge >= 0.3 is 6.03 Å². The highest BCUT2D eigenvalue weighted by Gasteiger charge is 2.21. The zero-order chi connectivity index (χ0) is 23.3. The van der Waals surface area contributed by atoms with Crippen molar-refractivity contribution in [3.63, 3.8) is 0 Å². The summed E-state index contributed by atoms with van der Waals surface area (Å²) in [7, 11) is 0. The molecule has 0 spiro atoms. The normalized spacial score (nSPS) is 14.9. The van der Waals surface area contributed by atoms with Gasteiger partial charge < -0.3 is 21.7 Å². The molecule has 3 amide bonds. The Labute approximate surface area is 197 Å². The van der Waals surface area contributed by atoms with Crippen LogP contribution in [0.3, 0.4) is 0 Å². The molecule has 1 atom stereocenters. The second-order valence-corrected chi connectivity index (χ2v) is 8.95. The summed E-state index contributed by atoms with van der Waals surface area (Å²) in [5.41, 5.74) is 8.71. The molecule has 33 heavy (non-hydrogen) atoms. The third-order valence-corrected chi connectivity index (χ3v) is 6.37. The average molecular weight is 451 g/mol. The number of rotatable bonds is 11. The average Bonchev–Trinajstić information content (AvgIpc) is 2.86. The van der Waals surface area contributed by atoms with Crippen molar-refractivity contribution >= 4 is 17.6 Å². The van der Waals surface area contributed by atoms with Crippen molar-refractivity contribution in [2.75, 3.05) is 11.9 Å². The summed E-state index contributed by atoms with van der Waals surface area (Å²) >= 11 is 0. The molecule has 1 aliphatic rings. The SMILES string of the molecule is NCCCCC[C@H](NC(=O)NCc1ccccc1)C(=O)Nc1ccc(C2CCCCC2)cc1. The summed E-state index contributed by atoms with van der Waals surface area (Å²) < 4.78 is 0. The monoisotopic (exact) mass is 450 g/mol. The second kappa shape index (κ2) is 13.6. The standard InChI is InChI=1S/C27H38N4O2/c28-19-9-3-8-14-25(31-27(33)29-20-21-10-4-1-5-11-21)26(32)30-24-17-15-23(16-18-24)22-12-6-2-7-13-22/h1,4-5,10-11,15-18,22,25H,2-3,6-9,12-14,19-20,28H2,(H,30,32)(H2,29,31,33)/t25-/m0/s1. The Balaban J connectivity index is 1.55. The predicted octanol–water partition coefficient (Wildman–Crippen LogP) is 5.06. The van der Waals surface area contributed by atoms with Crippen molar-refractivity contribution in [1.29, 1.82) is 0 Å².